The second kappa shape index (κ2) is 10.3. The van der Waals surface area contributed by atoms with Crippen LogP contribution in [-0.2, 0) is 4.79 Å². The van der Waals surface area contributed by atoms with Gasteiger partial charge in [-0.15, -0.1) is 0 Å². The lowest BCUT2D eigenvalue weighted by atomic mass is 9.95. The number of nitrogens with zero attached hydrogens (tertiary/aromatic N) is 3. The third kappa shape index (κ3) is 5.98. The van der Waals surface area contributed by atoms with Crippen molar-refractivity contribution in [3.63, 3.8) is 0 Å². The predicted octanol–water partition coefficient (Wildman–Crippen LogP) is 3.99. The number of benzene rings is 2. The van der Waals surface area contributed by atoms with Gasteiger partial charge in [-0.05, 0) is 69.3 Å². The summed E-state index contributed by atoms with van der Waals surface area (Å²) in [6, 6.07) is 15.0. The van der Waals surface area contributed by atoms with Gasteiger partial charge in [0, 0.05) is 23.5 Å². The number of halogens is 1. The van der Waals surface area contributed by atoms with Crippen molar-refractivity contribution in [3.8, 4) is 0 Å². The van der Waals surface area contributed by atoms with Gasteiger partial charge in [0.05, 0.1) is 17.8 Å². The van der Waals surface area contributed by atoms with Crippen molar-refractivity contribution in [2.75, 3.05) is 30.3 Å². The predicted molar refractivity (Wildman–Crippen MR) is 125 cm³/mol. The van der Waals surface area contributed by atoms with Crippen LogP contribution >= 0.6 is 0 Å². The fraction of sp³-hybridized carbons (Fsp3) is 0.280. The van der Waals surface area contributed by atoms with Crippen molar-refractivity contribution in [1.82, 2.24) is 14.9 Å². The van der Waals surface area contributed by atoms with E-state index in [1.54, 1.807) is 18.3 Å². The molecule has 1 aliphatic heterocycles. The molecule has 7 nitrogen and oxygen atoms in total. The quantitative estimate of drug-likeness (QED) is 0.597. The molecule has 0 radical (unpaired) electrons. The van der Waals surface area contributed by atoms with Gasteiger partial charge < -0.3 is 10.6 Å². The van der Waals surface area contributed by atoms with Crippen LogP contribution < -0.4 is 10.6 Å². The fourth-order valence-electron chi connectivity index (χ4n) is 3.91. The highest BCUT2D eigenvalue weighted by Gasteiger charge is 2.25. The van der Waals surface area contributed by atoms with E-state index in [4.69, 9.17) is 0 Å². The molecule has 3 aromatic rings. The smallest absolute Gasteiger partial charge is 0.259 e. The summed E-state index contributed by atoms with van der Waals surface area (Å²) in [7, 11) is 0. The number of aryl methyl sites for hydroxylation is 1. The minimum Gasteiger partial charge on any atom is -0.325 e. The van der Waals surface area contributed by atoms with Crippen LogP contribution in [0.5, 0.6) is 0 Å². The third-order valence-electron chi connectivity index (χ3n) is 5.72. The third-order valence-corrected chi connectivity index (χ3v) is 5.72. The van der Waals surface area contributed by atoms with E-state index in [1.807, 2.05) is 37.3 Å². The first kappa shape index (κ1) is 22.5. The average Bonchev–Trinajstić information content (AvgIpc) is 2.81. The zero-order valence-corrected chi connectivity index (χ0v) is 18.4. The van der Waals surface area contributed by atoms with Crippen LogP contribution in [0.4, 0.5) is 15.8 Å². The molecule has 170 valence electrons. The minimum absolute atomic E-state index is 0.124. The van der Waals surface area contributed by atoms with Crippen molar-refractivity contribution >= 4 is 23.2 Å². The Hall–Kier alpha value is -3.65. The number of carbonyl (C=O) groups excluding carboxylic acids is 2. The SMILES string of the molecule is Cc1nc(C2CCN(CC(=O)Nc3ccc(F)cc3)CC2)ncc1C(=O)Nc1ccccc1. The van der Waals surface area contributed by atoms with Gasteiger partial charge in [0.2, 0.25) is 5.91 Å². The van der Waals surface area contributed by atoms with E-state index in [2.05, 4.69) is 25.5 Å². The Morgan fingerprint density at radius 2 is 1.67 bits per heavy atom. The summed E-state index contributed by atoms with van der Waals surface area (Å²) in [6.07, 6.45) is 3.26. The molecule has 8 heteroatoms. The van der Waals surface area contributed by atoms with Gasteiger partial charge in [-0.25, -0.2) is 14.4 Å². The topological polar surface area (TPSA) is 87.2 Å². The Bertz CT molecular complexity index is 1110. The molecule has 0 atom stereocenters. The van der Waals surface area contributed by atoms with Gasteiger partial charge in [0.15, 0.2) is 0 Å². The summed E-state index contributed by atoms with van der Waals surface area (Å²) in [5, 5.41) is 5.65. The van der Waals surface area contributed by atoms with Crippen molar-refractivity contribution in [2.24, 2.45) is 0 Å². The van der Waals surface area contributed by atoms with Crippen LogP contribution in [0.2, 0.25) is 0 Å². The highest BCUT2D eigenvalue weighted by molar-refractivity contribution is 6.04. The first-order valence-electron chi connectivity index (χ1n) is 11.0. The number of nitrogens with one attached hydrogen (secondary N) is 2. The molecule has 1 fully saturated rings. The molecular formula is C25H26FN5O2. The molecule has 4 rings (SSSR count). The zero-order valence-electron chi connectivity index (χ0n) is 18.4. The maximum Gasteiger partial charge on any atom is 0.259 e. The van der Waals surface area contributed by atoms with E-state index in [1.165, 1.54) is 12.1 Å². The number of piperidine rings is 1. The molecule has 1 aromatic heterocycles. The summed E-state index contributed by atoms with van der Waals surface area (Å²) in [5.74, 6) is 0.232. The lowest BCUT2D eigenvalue weighted by Gasteiger charge is -2.30. The standard InChI is InChI=1S/C25H26FN5O2/c1-17-22(25(33)30-20-5-3-2-4-6-20)15-27-24(28-17)18-11-13-31(14-12-18)16-23(32)29-21-9-7-19(26)8-10-21/h2-10,15,18H,11-14,16H2,1H3,(H,29,32)(H,30,33). The van der Waals surface area contributed by atoms with E-state index >= 15 is 0 Å². The minimum atomic E-state index is -0.336. The number of hydrogen-bond donors (Lipinski definition) is 2. The molecule has 2 amide bonds. The monoisotopic (exact) mass is 447 g/mol. The molecule has 0 aliphatic carbocycles. The van der Waals surface area contributed by atoms with Gasteiger partial charge in [0.25, 0.3) is 5.91 Å². The first-order valence-corrected chi connectivity index (χ1v) is 11.0. The first-order chi connectivity index (χ1) is 16.0. The Morgan fingerprint density at radius 3 is 2.33 bits per heavy atom. The summed E-state index contributed by atoms with van der Waals surface area (Å²) < 4.78 is 13.0. The van der Waals surface area contributed by atoms with E-state index < -0.39 is 0 Å². The molecule has 2 heterocycles. The normalized spacial score (nSPS) is 14.6. The number of rotatable bonds is 6. The van der Waals surface area contributed by atoms with Gasteiger partial charge in [0.1, 0.15) is 11.6 Å². The van der Waals surface area contributed by atoms with E-state index in [-0.39, 0.29) is 30.1 Å². The number of hydrogen-bond acceptors (Lipinski definition) is 5. The van der Waals surface area contributed by atoms with Crippen LogP contribution in [0.3, 0.4) is 0 Å². The number of anilines is 2. The lowest BCUT2D eigenvalue weighted by molar-refractivity contribution is -0.117. The summed E-state index contributed by atoms with van der Waals surface area (Å²) in [4.78, 5) is 36.0. The summed E-state index contributed by atoms with van der Waals surface area (Å²) in [5.41, 5.74) is 2.41. The zero-order chi connectivity index (χ0) is 23.2. The maximum absolute atomic E-state index is 13.0. The van der Waals surface area contributed by atoms with Gasteiger partial charge in [-0.1, -0.05) is 18.2 Å². The van der Waals surface area contributed by atoms with Crippen LogP contribution in [0.1, 0.15) is 40.6 Å². The Morgan fingerprint density at radius 1 is 1.00 bits per heavy atom. The molecule has 1 aliphatic rings. The second-order valence-corrected chi connectivity index (χ2v) is 8.15. The van der Waals surface area contributed by atoms with Gasteiger partial charge in [-0.2, -0.15) is 0 Å². The van der Waals surface area contributed by atoms with Crippen molar-refractivity contribution in [2.45, 2.75) is 25.7 Å². The van der Waals surface area contributed by atoms with Crippen LogP contribution in [0.15, 0.2) is 60.8 Å². The van der Waals surface area contributed by atoms with Crippen LogP contribution in [0.25, 0.3) is 0 Å². The largest absolute Gasteiger partial charge is 0.325 e. The molecule has 0 unspecified atom stereocenters. The van der Waals surface area contributed by atoms with Gasteiger partial charge >= 0.3 is 0 Å². The highest BCUT2D eigenvalue weighted by Crippen LogP contribution is 2.26. The molecule has 0 bridgehead atoms. The number of carbonyl (C=O) groups is 2. The average molecular weight is 448 g/mol. The number of aromatic nitrogens is 2. The Balaban J connectivity index is 1.29. The second-order valence-electron chi connectivity index (χ2n) is 8.15. The molecule has 33 heavy (non-hydrogen) atoms. The number of para-hydroxylation sites is 1. The molecular weight excluding hydrogens is 421 g/mol. The maximum atomic E-state index is 13.0. The van der Waals surface area contributed by atoms with E-state index in [0.717, 1.165) is 37.4 Å². The molecule has 1 saturated heterocycles. The summed E-state index contributed by atoms with van der Waals surface area (Å²) in [6.45, 7) is 3.60. The number of amides is 2. The molecule has 2 aromatic carbocycles. The molecule has 2 N–H and O–H groups in total. The van der Waals surface area contributed by atoms with Gasteiger partial charge in [-0.3, -0.25) is 14.5 Å². The molecule has 0 spiro atoms. The Labute approximate surface area is 192 Å². The fourth-order valence-corrected chi connectivity index (χ4v) is 3.91. The van der Waals surface area contributed by atoms with E-state index in [0.29, 0.717) is 16.9 Å². The van der Waals surface area contributed by atoms with Crippen LogP contribution in [0, 0.1) is 12.7 Å². The Kier molecular flexibility index (Phi) is 7.04. The molecule has 0 saturated carbocycles. The van der Waals surface area contributed by atoms with E-state index in [9.17, 15) is 14.0 Å². The summed E-state index contributed by atoms with van der Waals surface area (Å²) >= 11 is 0. The van der Waals surface area contributed by atoms with Crippen molar-refractivity contribution in [1.29, 1.82) is 0 Å². The lowest BCUT2D eigenvalue weighted by Crippen LogP contribution is -2.39. The highest BCUT2D eigenvalue weighted by atomic mass is 19.1. The van der Waals surface area contributed by atoms with Crippen molar-refractivity contribution < 1.29 is 14.0 Å². The van der Waals surface area contributed by atoms with Crippen molar-refractivity contribution in [3.05, 3.63) is 83.7 Å². The number of likely N-dealkylation sites (tertiary alicyclic amines) is 1. The van der Waals surface area contributed by atoms with Crippen LogP contribution in [-0.4, -0.2) is 46.3 Å².